The summed E-state index contributed by atoms with van der Waals surface area (Å²) in [5.74, 6) is 2.32. The summed E-state index contributed by atoms with van der Waals surface area (Å²) < 4.78 is 11.1. The second-order valence-electron chi connectivity index (χ2n) is 12.7. The van der Waals surface area contributed by atoms with Crippen molar-refractivity contribution in [2.24, 2.45) is 22.7 Å². The van der Waals surface area contributed by atoms with Gasteiger partial charge in [0.1, 0.15) is 11.3 Å². The highest BCUT2D eigenvalue weighted by molar-refractivity contribution is 5.87. The molecule has 2 N–H and O–H groups in total. The molecule has 3 atom stereocenters. The van der Waals surface area contributed by atoms with Gasteiger partial charge in [-0.1, -0.05) is 36.4 Å². The minimum absolute atomic E-state index is 0.264. The number of carboxylic acids is 1. The zero-order chi connectivity index (χ0) is 29.4. The third kappa shape index (κ3) is 5.25. The summed E-state index contributed by atoms with van der Waals surface area (Å²) in [6, 6.07) is 12.6. The Labute approximate surface area is 244 Å². The average Bonchev–Trinajstić information content (AvgIpc) is 3.41. The number of fused-ring (bicyclic) bond motifs is 3. The van der Waals surface area contributed by atoms with Crippen LogP contribution in [0.1, 0.15) is 62.9 Å². The van der Waals surface area contributed by atoms with Crippen LogP contribution in [0.4, 0.5) is 0 Å². The van der Waals surface area contributed by atoms with Gasteiger partial charge in [0.15, 0.2) is 11.5 Å². The smallest absolute Gasteiger partial charge is 0.309 e. The largest absolute Gasteiger partial charge is 0.493 e. The lowest BCUT2D eigenvalue weighted by Crippen LogP contribution is -2.54. The van der Waals surface area contributed by atoms with E-state index in [0.29, 0.717) is 17.4 Å². The lowest BCUT2D eigenvalue weighted by molar-refractivity contribution is -0.162. The molecule has 2 aromatic carbocycles. The SMILES string of the molecule is COc1cc(C)c2nc(CCCN(C)CC[C@@]3(C(C)(C)C(=O)O)C[C@@H]4CC[C@H]3C=C4c3ccccc3)[nH]c2c1OC. The fraction of sp³-hybridized carbons (Fsp3) is 0.529. The van der Waals surface area contributed by atoms with E-state index in [1.54, 1.807) is 14.2 Å². The van der Waals surface area contributed by atoms with Crippen molar-refractivity contribution in [1.29, 1.82) is 0 Å². The van der Waals surface area contributed by atoms with Gasteiger partial charge in [-0.3, -0.25) is 4.79 Å². The number of hydrogen-bond acceptors (Lipinski definition) is 5. The molecule has 7 nitrogen and oxygen atoms in total. The van der Waals surface area contributed by atoms with E-state index >= 15 is 0 Å². The molecule has 7 heteroatoms. The Balaban J connectivity index is 1.27. The first kappa shape index (κ1) is 29.2. The Kier molecular flexibility index (Phi) is 8.20. The van der Waals surface area contributed by atoms with Crippen molar-refractivity contribution in [3.63, 3.8) is 0 Å². The maximum Gasteiger partial charge on any atom is 0.309 e. The average molecular weight is 560 g/mol. The van der Waals surface area contributed by atoms with Gasteiger partial charge in [-0.25, -0.2) is 4.98 Å². The first-order chi connectivity index (χ1) is 19.6. The minimum atomic E-state index is -0.803. The number of rotatable bonds is 12. The van der Waals surface area contributed by atoms with Gasteiger partial charge in [0.25, 0.3) is 0 Å². The number of aliphatic carboxylic acids is 1. The molecular formula is C34H45N3O4. The summed E-state index contributed by atoms with van der Waals surface area (Å²) >= 11 is 0. The number of carboxylic acid groups (broad SMARTS) is 1. The highest BCUT2D eigenvalue weighted by Crippen LogP contribution is 2.62. The molecule has 1 aromatic heterocycles. The maximum atomic E-state index is 12.6. The van der Waals surface area contributed by atoms with Gasteiger partial charge >= 0.3 is 5.97 Å². The summed E-state index contributed by atoms with van der Waals surface area (Å²) in [5.41, 5.74) is 4.48. The Hall–Kier alpha value is -3.32. The third-order valence-electron chi connectivity index (χ3n) is 10.1. The Morgan fingerprint density at radius 2 is 1.93 bits per heavy atom. The van der Waals surface area contributed by atoms with Crippen molar-refractivity contribution in [3.05, 3.63) is 59.4 Å². The summed E-state index contributed by atoms with van der Waals surface area (Å²) in [6.07, 6.45) is 8.24. The lowest BCUT2D eigenvalue weighted by Gasteiger charge is -2.57. The van der Waals surface area contributed by atoms with Gasteiger partial charge in [-0.05, 0) is 113 Å². The molecule has 2 bridgehead atoms. The molecule has 1 fully saturated rings. The second-order valence-corrected chi connectivity index (χ2v) is 12.7. The van der Waals surface area contributed by atoms with E-state index in [1.165, 1.54) is 11.1 Å². The van der Waals surface area contributed by atoms with Crippen LogP contribution in [0.5, 0.6) is 11.5 Å². The van der Waals surface area contributed by atoms with E-state index in [9.17, 15) is 9.90 Å². The Bertz CT molecular complexity index is 1430. The predicted octanol–water partition coefficient (Wildman–Crippen LogP) is 6.75. The fourth-order valence-corrected chi connectivity index (χ4v) is 7.52. The second kappa shape index (κ2) is 11.5. The Morgan fingerprint density at radius 3 is 2.56 bits per heavy atom. The minimum Gasteiger partial charge on any atom is -0.493 e. The molecule has 3 aliphatic rings. The van der Waals surface area contributed by atoms with Crippen LogP contribution in [0.25, 0.3) is 16.6 Å². The maximum absolute atomic E-state index is 12.6. The number of allylic oxidation sites excluding steroid dienone is 2. The van der Waals surface area contributed by atoms with Crippen LogP contribution in [0, 0.1) is 29.6 Å². The number of methoxy groups -OCH3 is 2. The summed E-state index contributed by atoms with van der Waals surface area (Å²) in [7, 11) is 5.45. The monoisotopic (exact) mass is 559 g/mol. The standard InChI is InChI=1S/C34H45N3O4/c1-22-19-27(40-5)31(41-6)30-29(22)35-28(36-30)13-10-17-37(4)18-16-34(33(2,3)32(38)39)21-24-14-15-25(34)20-26(24)23-11-8-7-9-12-23/h7-9,11-12,19-20,24-25H,10,13-18,21H2,1-6H3,(H,35,36)(H,38,39)/t24-,25-,34+/m0/s1. The Morgan fingerprint density at radius 1 is 1.17 bits per heavy atom. The first-order valence-electron chi connectivity index (χ1n) is 14.9. The van der Waals surface area contributed by atoms with Crippen molar-refractivity contribution >= 4 is 22.6 Å². The number of aromatic nitrogens is 2. The van der Waals surface area contributed by atoms with E-state index in [-0.39, 0.29) is 11.3 Å². The molecule has 220 valence electrons. The number of imidazole rings is 1. The molecule has 6 rings (SSSR count). The van der Waals surface area contributed by atoms with Crippen LogP contribution in [0.2, 0.25) is 0 Å². The molecular weight excluding hydrogens is 514 g/mol. The third-order valence-corrected chi connectivity index (χ3v) is 10.1. The normalized spacial score (nSPS) is 22.3. The molecule has 0 radical (unpaired) electrons. The number of nitrogens with one attached hydrogen (secondary N) is 1. The van der Waals surface area contributed by atoms with E-state index in [1.807, 2.05) is 26.8 Å². The molecule has 0 unspecified atom stereocenters. The van der Waals surface area contributed by atoms with Crippen LogP contribution in [0.3, 0.4) is 0 Å². The lowest BCUT2D eigenvalue weighted by atomic mass is 9.46. The van der Waals surface area contributed by atoms with Crippen molar-refractivity contribution in [3.8, 4) is 11.5 Å². The molecule has 1 saturated carbocycles. The van der Waals surface area contributed by atoms with Crippen LogP contribution >= 0.6 is 0 Å². The number of ether oxygens (including phenoxy) is 2. The quantitative estimate of drug-likeness (QED) is 0.255. The van der Waals surface area contributed by atoms with Crippen molar-refractivity contribution in [2.45, 2.75) is 59.3 Å². The molecule has 0 aliphatic heterocycles. The van der Waals surface area contributed by atoms with Crippen molar-refractivity contribution < 1.29 is 19.4 Å². The highest BCUT2D eigenvalue weighted by Gasteiger charge is 2.58. The van der Waals surface area contributed by atoms with Gasteiger partial charge in [-0.2, -0.15) is 0 Å². The van der Waals surface area contributed by atoms with Crippen molar-refractivity contribution in [1.82, 2.24) is 14.9 Å². The number of H-pyrrole nitrogens is 1. The summed E-state index contributed by atoms with van der Waals surface area (Å²) in [4.78, 5) is 23.3. The predicted molar refractivity (Wildman–Crippen MR) is 163 cm³/mol. The number of hydrogen-bond donors (Lipinski definition) is 2. The summed E-state index contributed by atoms with van der Waals surface area (Å²) in [5, 5.41) is 10.4. The van der Waals surface area contributed by atoms with Gasteiger partial charge in [0.05, 0.1) is 25.2 Å². The van der Waals surface area contributed by atoms with Crippen LogP contribution in [0.15, 0.2) is 42.5 Å². The zero-order valence-electron chi connectivity index (χ0n) is 25.4. The van der Waals surface area contributed by atoms with E-state index in [0.717, 1.165) is 74.0 Å². The van der Waals surface area contributed by atoms with Crippen LogP contribution < -0.4 is 9.47 Å². The molecule has 1 heterocycles. The van der Waals surface area contributed by atoms with Gasteiger partial charge in [0.2, 0.25) is 0 Å². The number of benzene rings is 2. The number of nitrogens with zero attached hydrogens (tertiary/aromatic N) is 2. The van der Waals surface area contributed by atoms with E-state index < -0.39 is 11.4 Å². The molecule has 3 aliphatic carbocycles. The van der Waals surface area contributed by atoms with Crippen molar-refractivity contribution in [2.75, 3.05) is 34.4 Å². The van der Waals surface area contributed by atoms with E-state index in [4.69, 9.17) is 14.5 Å². The molecule has 0 amide bonds. The van der Waals surface area contributed by atoms with Crippen LogP contribution in [-0.2, 0) is 11.2 Å². The zero-order valence-corrected chi connectivity index (χ0v) is 25.4. The van der Waals surface area contributed by atoms with Gasteiger partial charge in [-0.15, -0.1) is 0 Å². The molecule has 0 spiro atoms. The van der Waals surface area contributed by atoms with Crippen LogP contribution in [-0.4, -0.2) is 60.3 Å². The summed E-state index contributed by atoms with van der Waals surface area (Å²) in [6.45, 7) is 7.74. The number of aryl methyl sites for hydroxylation is 2. The first-order valence-corrected chi connectivity index (χ1v) is 14.9. The molecule has 41 heavy (non-hydrogen) atoms. The van der Waals surface area contributed by atoms with E-state index in [2.05, 4.69) is 53.3 Å². The fourth-order valence-electron chi connectivity index (χ4n) is 7.52. The molecule has 0 saturated heterocycles. The number of aromatic amines is 1. The van der Waals surface area contributed by atoms with Gasteiger partial charge < -0.3 is 24.5 Å². The van der Waals surface area contributed by atoms with Gasteiger partial charge in [0, 0.05) is 6.42 Å². The number of carbonyl (C=O) groups is 1. The topological polar surface area (TPSA) is 87.7 Å². The molecule has 3 aromatic rings. The highest BCUT2D eigenvalue weighted by atomic mass is 16.5.